The molecule has 2 rings (SSSR count). The first-order valence-electron chi connectivity index (χ1n) is 6.46. The average Bonchev–Trinajstić information content (AvgIpc) is 2.94. The molecule has 3 nitrogen and oxygen atoms in total. The van der Waals surface area contributed by atoms with Crippen molar-refractivity contribution in [2.24, 2.45) is 11.8 Å². The third-order valence-corrected chi connectivity index (χ3v) is 5.03. The lowest BCUT2D eigenvalue weighted by molar-refractivity contribution is 0.190. The summed E-state index contributed by atoms with van der Waals surface area (Å²) in [5.41, 5.74) is 3.05. The molecule has 0 aromatic carbocycles. The van der Waals surface area contributed by atoms with Gasteiger partial charge in [-0.05, 0) is 45.1 Å². The number of nitrogens with zero attached hydrogens (tertiary/aromatic N) is 1. The molecule has 96 valence electrons. The number of nitrogens with one attached hydrogen (secondary N) is 1. The predicted octanol–water partition coefficient (Wildman–Crippen LogP) is 2.51. The molecule has 3 unspecified atom stereocenters. The van der Waals surface area contributed by atoms with Crippen molar-refractivity contribution >= 4 is 11.3 Å². The Morgan fingerprint density at radius 1 is 1.53 bits per heavy atom. The fourth-order valence-corrected chi connectivity index (χ4v) is 3.61. The van der Waals surface area contributed by atoms with Gasteiger partial charge in [0.15, 0.2) is 0 Å². The van der Waals surface area contributed by atoms with E-state index >= 15 is 0 Å². The molecule has 1 fully saturated rings. The first-order chi connectivity index (χ1) is 8.22. The summed E-state index contributed by atoms with van der Waals surface area (Å²) >= 11 is 1.72. The number of aryl methyl sites for hydroxylation is 1. The lowest BCUT2D eigenvalue weighted by Crippen LogP contribution is -2.28. The maximum atomic E-state index is 9.29. The SMILES string of the molecule is Cc1ncsc1C(C)NCC1CCCC1CO. The zero-order valence-electron chi connectivity index (χ0n) is 10.6. The smallest absolute Gasteiger partial charge is 0.0798 e. The quantitative estimate of drug-likeness (QED) is 0.848. The van der Waals surface area contributed by atoms with Crippen LogP contribution in [0.3, 0.4) is 0 Å². The Kier molecular flexibility index (Phi) is 4.54. The van der Waals surface area contributed by atoms with Crippen molar-refractivity contribution < 1.29 is 5.11 Å². The molecule has 17 heavy (non-hydrogen) atoms. The predicted molar refractivity (Wildman–Crippen MR) is 71.2 cm³/mol. The molecule has 3 atom stereocenters. The molecule has 1 aromatic rings. The van der Waals surface area contributed by atoms with Crippen molar-refractivity contribution in [1.29, 1.82) is 0 Å². The van der Waals surface area contributed by atoms with E-state index in [9.17, 15) is 5.11 Å². The Morgan fingerprint density at radius 3 is 2.94 bits per heavy atom. The molecule has 0 amide bonds. The van der Waals surface area contributed by atoms with Crippen LogP contribution in [0.25, 0.3) is 0 Å². The van der Waals surface area contributed by atoms with Gasteiger partial charge in [-0.3, -0.25) is 0 Å². The second kappa shape index (κ2) is 5.94. The van der Waals surface area contributed by atoms with Crippen LogP contribution in [-0.2, 0) is 0 Å². The van der Waals surface area contributed by atoms with Gasteiger partial charge in [0.1, 0.15) is 0 Å². The Morgan fingerprint density at radius 2 is 2.29 bits per heavy atom. The molecular formula is C13H22N2OS. The zero-order chi connectivity index (χ0) is 12.3. The first-order valence-corrected chi connectivity index (χ1v) is 7.34. The van der Waals surface area contributed by atoms with E-state index in [-0.39, 0.29) is 0 Å². The highest BCUT2D eigenvalue weighted by Crippen LogP contribution is 2.31. The topological polar surface area (TPSA) is 45.2 Å². The lowest BCUT2D eigenvalue weighted by Gasteiger charge is -2.20. The van der Waals surface area contributed by atoms with E-state index in [0.29, 0.717) is 24.5 Å². The van der Waals surface area contributed by atoms with Gasteiger partial charge >= 0.3 is 0 Å². The van der Waals surface area contributed by atoms with Crippen LogP contribution in [0.15, 0.2) is 5.51 Å². The van der Waals surface area contributed by atoms with Crippen LogP contribution in [-0.4, -0.2) is 23.2 Å². The molecular weight excluding hydrogens is 232 g/mol. The highest BCUT2D eigenvalue weighted by atomic mass is 32.1. The lowest BCUT2D eigenvalue weighted by atomic mass is 9.96. The number of rotatable bonds is 5. The summed E-state index contributed by atoms with van der Waals surface area (Å²) in [6, 6.07) is 0.377. The van der Waals surface area contributed by atoms with E-state index in [4.69, 9.17) is 0 Å². The van der Waals surface area contributed by atoms with E-state index in [1.807, 2.05) is 5.51 Å². The summed E-state index contributed by atoms with van der Waals surface area (Å²) in [5.74, 6) is 1.16. The number of hydrogen-bond donors (Lipinski definition) is 2. The van der Waals surface area contributed by atoms with E-state index < -0.39 is 0 Å². The number of aliphatic hydroxyl groups is 1. The number of thiazole rings is 1. The highest BCUT2D eigenvalue weighted by Gasteiger charge is 2.26. The van der Waals surface area contributed by atoms with Gasteiger partial charge in [0.2, 0.25) is 0 Å². The van der Waals surface area contributed by atoms with Gasteiger partial charge in [0.05, 0.1) is 11.2 Å². The van der Waals surface area contributed by atoms with Gasteiger partial charge in [-0.25, -0.2) is 4.98 Å². The largest absolute Gasteiger partial charge is 0.396 e. The summed E-state index contributed by atoms with van der Waals surface area (Å²) in [7, 11) is 0. The maximum absolute atomic E-state index is 9.29. The summed E-state index contributed by atoms with van der Waals surface area (Å²) in [5, 5.41) is 12.9. The van der Waals surface area contributed by atoms with Gasteiger partial charge < -0.3 is 10.4 Å². The van der Waals surface area contributed by atoms with Crippen molar-refractivity contribution in [3.05, 3.63) is 16.1 Å². The van der Waals surface area contributed by atoms with Crippen molar-refractivity contribution in [3.8, 4) is 0 Å². The summed E-state index contributed by atoms with van der Waals surface area (Å²) in [4.78, 5) is 5.62. The summed E-state index contributed by atoms with van der Waals surface area (Å²) < 4.78 is 0. The standard InChI is InChI=1S/C13H22N2OS/c1-9(13-10(2)15-8-17-13)14-6-11-4-3-5-12(11)7-16/h8-9,11-12,14,16H,3-7H2,1-2H3. The van der Waals surface area contributed by atoms with E-state index in [2.05, 4.69) is 24.1 Å². The van der Waals surface area contributed by atoms with E-state index in [1.165, 1.54) is 24.1 Å². The fourth-order valence-electron chi connectivity index (χ4n) is 2.77. The van der Waals surface area contributed by atoms with Crippen molar-refractivity contribution in [3.63, 3.8) is 0 Å². The highest BCUT2D eigenvalue weighted by molar-refractivity contribution is 7.09. The molecule has 0 saturated heterocycles. The Bertz CT molecular complexity index is 353. The Balaban J connectivity index is 1.84. The van der Waals surface area contributed by atoms with Gasteiger partial charge in [-0.15, -0.1) is 11.3 Å². The van der Waals surface area contributed by atoms with Crippen LogP contribution in [0.1, 0.15) is 42.8 Å². The summed E-state index contributed by atoms with van der Waals surface area (Å²) in [6.45, 7) is 5.63. The molecule has 4 heteroatoms. The number of aromatic nitrogens is 1. The van der Waals surface area contributed by atoms with Crippen LogP contribution in [0.2, 0.25) is 0 Å². The molecule has 1 saturated carbocycles. The molecule has 0 bridgehead atoms. The Labute approximate surface area is 107 Å². The second-order valence-corrected chi connectivity index (χ2v) is 5.95. The molecule has 1 heterocycles. The molecule has 0 aliphatic heterocycles. The Hall–Kier alpha value is -0.450. The van der Waals surface area contributed by atoms with Gasteiger partial charge in [0, 0.05) is 17.5 Å². The molecule has 1 aromatic heterocycles. The number of aliphatic hydroxyl groups excluding tert-OH is 1. The minimum Gasteiger partial charge on any atom is -0.396 e. The first kappa shape index (κ1) is 13.0. The third kappa shape index (κ3) is 3.06. The third-order valence-electron chi connectivity index (χ3n) is 3.91. The van der Waals surface area contributed by atoms with Gasteiger partial charge in [-0.2, -0.15) is 0 Å². The van der Waals surface area contributed by atoms with Crippen molar-refractivity contribution in [1.82, 2.24) is 10.3 Å². The molecule has 0 radical (unpaired) electrons. The molecule has 1 aliphatic carbocycles. The maximum Gasteiger partial charge on any atom is 0.0798 e. The molecule has 2 N–H and O–H groups in total. The molecule has 0 spiro atoms. The van der Waals surface area contributed by atoms with Crippen LogP contribution in [0.4, 0.5) is 0 Å². The van der Waals surface area contributed by atoms with Crippen LogP contribution in [0, 0.1) is 18.8 Å². The summed E-state index contributed by atoms with van der Waals surface area (Å²) in [6.07, 6.45) is 3.72. The number of hydrogen-bond acceptors (Lipinski definition) is 4. The normalized spacial score (nSPS) is 26.3. The van der Waals surface area contributed by atoms with Gasteiger partial charge in [0.25, 0.3) is 0 Å². The fraction of sp³-hybridized carbons (Fsp3) is 0.769. The van der Waals surface area contributed by atoms with E-state index in [0.717, 1.165) is 12.2 Å². The average molecular weight is 254 g/mol. The van der Waals surface area contributed by atoms with Gasteiger partial charge in [-0.1, -0.05) is 6.42 Å². The monoisotopic (exact) mass is 254 g/mol. The van der Waals surface area contributed by atoms with Crippen molar-refractivity contribution in [2.75, 3.05) is 13.2 Å². The van der Waals surface area contributed by atoms with Crippen LogP contribution < -0.4 is 5.32 Å². The zero-order valence-corrected chi connectivity index (χ0v) is 11.5. The second-order valence-electron chi connectivity index (χ2n) is 5.07. The van der Waals surface area contributed by atoms with Crippen molar-refractivity contribution in [2.45, 2.75) is 39.2 Å². The minimum atomic E-state index is 0.348. The molecule has 1 aliphatic rings. The van der Waals surface area contributed by atoms with Crippen LogP contribution in [0.5, 0.6) is 0 Å². The van der Waals surface area contributed by atoms with Crippen LogP contribution >= 0.6 is 11.3 Å². The van der Waals surface area contributed by atoms with E-state index in [1.54, 1.807) is 11.3 Å². The minimum absolute atomic E-state index is 0.348.